The van der Waals surface area contributed by atoms with Crippen LogP contribution in [0, 0.1) is 0 Å². The molecule has 0 aromatic heterocycles. The molecule has 0 aliphatic carbocycles. The van der Waals surface area contributed by atoms with Crippen LogP contribution < -0.4 is 11.1 Å². The van der Waals surface area contributed by atoms with Crippen molar-refractivity contribution in [2.24, 2.45) is 0 Å². The number of phenolic OH excluding ortho intramolecular Hbond substituents is 1. The van der Waals surface area contributed by atoms with Crippen molar-refractivity contribution in [3.63, 3.8) is 0 Å². The molecule has 0 atom stereocenters. The lowest BCUT2D eigenvalue weighted by atomic mass is 10.0. The maximum Gasteiger partial charge on any atom is 0.125 e. The number of nitrogen functional groups attached to an aromatic ring is 1. The van der Waals surface area contributed by atoms with Crippen molar-refractivity contribution < 1.29 is 5.11 Å². The predicted octanol–water partition coefficient (Wildman–Crippen LogP) is 5.02. The molecule has 0 fully saturated rings. The molecule has 112 valence electrons. The first-order valence-electron chi connectivity index (χ1n) is 7.49. The molecule has 3 heteroatoms. The number of aromatic hydroxyl groups is 1. The topological polar surface area (TPSA) is 58.3 Å². The Labute approximate surface area is 134 Å². The van der Waals surface area contributed by atoms with Crippen LogP contribution in [-0.2, 0) is 0 Å². The van der Waals surface area contributed by atoms with Gasteiger partial charge in [-0.2, -0.15) is 0 Å². The Morgan fingerprint density at radius 1 is 0.739 bits per heavy atom. The number of anilines is 3. The molecule has 0 aliphatic heterocycles. The molecule has 4 aromatic carbocycles. The first-order valence-corrected chi connectivity index (χ1v) is 7.49. The average molecular weight is 300 g/mol. The molecular weight excluding hydrogens is 284 g/mol. The number of hydrogen-bond acceptors (Lipinski definition) is 3. The zero-order valence-corrected chi connectivity index (χ0v) is 12.5. The molecule has 0 unspecified atom stereocenters. The second kappa shape index (κ2) is 5.21. The number of benzene rings is 4. The monoisotopic (exact) mass is 300 g/mol. The van der Waals surface area contributed by atoms with E-state index in [1.807, 2.05) is 60.7 Å². The molecule has 0 spiro atoms. The van der Waals surface area contributed by atoms with Crippen molar-refractivity contribution in [2.45, 2.75) is 0 Å². The largest absolute Gasteiger partial charge is 0.507 e. The van der Waals surface area contributed by atoms with Gasteiger partial charge in [-0.1, -0.05) is 54.6 Å². The van der Waals surface area contributed by atoms with Gasteiger partial charge >= 0.3 is 0 Å². The van der Waals surface area contributed by atoms with Crippen LogP contribution in [0.1, 0.15) is 0 Å². The van der Waals surface area contributed by atoms with Crippen LogP contribution in [0.15, 0.2) is 72.8 Å². The van der Waals surface area contributed by atoms with Crippen molar-refractivity contribution in [3.8, 4) is 5.75 Å². The molecule has 0 saturated heterocycles. The molecular formula is C20H16N2O. The van der Waals surface area contributed by atoms with E-state index in [0.717, 1.165) is 32.9 Å². The molecule has 0 amide bonds. The van der Waals surface area contributed by atoms with E-state index in [1.54, 1.807) is 6.07 Å². The van der Waals surface area contributed by atoms with Gasteiger partial charge in [0.2, 0.25) is 0 Å². The number of hydrogen-bond donors (Lipinski definition) is 3. The van der Waals surface area contributed by atoms with Gasteiger partial charge < -0.3 is 16.2 Å². The standard InChI is InChI=1S/C20H16N2O/c21-16-12-11-13-5-1-2-8-15(13)20(16)22-17-9-3-6-14-7-4-10-18(23)19(14)17/h1-12,22-23H,21H2. The zero-order valence-electron chi connectivity index (χ0n) is 12.5. The number of nitrogens with one attached hydrogen (secondary N) is 1. The van der Waals surface area contributed by atoms with Crippen LogP contribution in [0.5, 0.6) is 5.75 Å². The lowest BCUT2D eigenvalue weighted by molar-refractivity contribution is 0.482. The van der Waals surface area contributed by atoms with Gasteiger partial charge in [0, 0.05) is 10.8 Å². The predicted molar refractivity (Wildman–Crippen MR) is 97.3 cm³/mol. The minimum absolute atomic E-state index is 0.254. The first-order chi connectivity index (χ1) is 11.2. The summed E-state index contributed by atoms with van der Waals surface area (Å²) in [4.78, 5) is 0. The highest BCUT2D eigenvalue weighted by Gasteiger charge is 2.09. The maximum atomic E-state index is 10.2. The summed E-state index contributed by atoms with van der Waals surface area (Å²) in [7, 11) is 0. The first kappa shape index (κ1) is 13.5. The Hall–Kier alpha value is -3.20. The number of phenols is 1. The van der Waals surface area contributed by atoms with E-state index in [-0.39, 0.29) is 5.75 Å². The summed E-state index contributed by atoms with van der Waals surface area (Å²) in [5.41, 5.74) is 8.57. The molecule has 3 nitrogen and oxygen atoms in total. The zero-order chi connectivity index (χ0) is 15.8. The van der Waals surface area contributed by atoms with Crippen LogP contribution in [0.25, 0.3) is 21.5 Å². The van der Waals surface area contributed by atoms with Crippen LogP contribution in [0.4, 0.5) is 17.1 Å². The van der Waals surface area contributed by atoms with Gasteiger partial charge in [-0.05, 0) is 29.0 Å². The molecule has 23 heavy (non-hydrogen) atoms. The second-order valence-electron chi connectivity index (χ2n) is 5.56. The summed E-state index contributed by atoms with van der Waals surface area (Å²) >= 11 is 0. The number of fused-ring (bicyclic) bond motifs is 2. The average Bonchev–Trinajstić information content (AvgIpc) is 2.58. The fourth-order valence-corrected chi connectivity index (χ4v) is 2.99. The Balaban J connectivity index is 1.94. The normalized spacial score (nSPS) is 11.0. The van der Waals surface area contributed by atoms with Crippen molar-refractivity contribution in [1.29, 1.82) is 0 Å². The van der Waals surface area contributed by atoms with Gasteiger partial charge in [0.15, 0.2) is 0 Å². The van der Waals surface area contributed by atoms with E-state index in [1.165, 1.54) is 0 Å². The van der Waals surface area contributed by atoms with Crippen LogP contribution in [0.2, 0.25) is 0 Å². The van der Waals surface area contributed by atoms with Gasteiger partial charge in [0.25, 0.3) is 0 Å². The summed E-state index contributed by atoms with van der Waals surface area (Å²) in [6, 6.07) is 23.4. The maximum absolute atomic E-state index is 10.2. The summed E-state index contributed by atoms with van der Waals surface area (Å²) in [6.45, 7) is 0. The highest BCUT2D eigenvalue weighted by molar-refractivity contribution is 6.05. The van der Waals surface area contributed by atoms with Crippen LogP contribution in [0.3, 0.4) is 0 Å². The van der Waals surface area contributed by atoms with E-state index < -0.39 is 0 Å². The molecule has 0 aliphatic rings. The lowest BCUT2D eigenvalue weighted by Crippen LogP contribution is -1.98. The highest BCUT2D eigenvalue weighted by atomic mass is 16.3. The summed E-state index contributed by atoms with van der Waals surface area (Å²) in [5, 5.41) is 17.6. The summed E-state index contributed by atoms with van der Waals surface area (Å²) < 4.78 is 0. The van der Waals surface area contributed by atoms with Gasteiger partial charge in [-0.3, -0.25) is 0 Å². The quantitative estimate of drug-likeness (QED) is 0.455. The van der Waals surface area contributed by atoms with Crippen LogP contribution >= 0.6 is 0 Å². The second-order valence-corrected chi connectivity index (χ2v) is 5.56. The van der Waals surface area contributed by atoms with E-state index in [2.05, 4.69) is 11.4 Å². The van der Waals surface area contributed by atoms with Gasteiger partial charge in [-0.15, -0.1) is 0 Å². The Morgan fingerprint density at radius 3 is 2.35 bits per heavy atom. The van der Waals surface area contributed by atoms with Crippen molar-refractivity contribution >= 4 is 38.6 Å². The highest BCUT2D eigenvalue weighted by Crippen LogP contribution is 2.37. The SMILES string of the molecule is Nc1ccc2ccccc2c1Nc1cccc2cccc(O)c12. The van der Waals surface area contributed by atoms with E-state index >= 15 is 0 Å². The van der Waals surface area contributed by atoms with Crippen molar-refractivity contribution in [1.82, 2.24) is 0 Å². The fourth-order valence-electron chi connectivity index (χ4n) is 2.99. The molecule has 4 rings (SSSR count). The number of rotatable bonds is 2. The Morgan fingerprint density at radius 2 is 1.48 bits per heavy atom. The van der Waals surface area contributed by atoms with Gasteiger partial charge in [0.1, 0.15) is 5.75 Å². The molecule has 0 bridgehead atoms. The third kappa shape index (κ3) is 2.23. The Kier molecular flexibility index (Phi) is 3.05. The fraction of sp³-hybridized carbons (Fsp3) is 0. The smallest absolute Gasteiger partial charge is 0.125 e. The van der Waals surface area contributed by atoms with Gasteiger partial charge in [0.05, 0.1) is 17.1 Å². The van der Waals surface area contributed by atoms with E-state index in [9.17, 15) is 5.11 Å². The lowest BCUT2D eigenvalue weighted by Gasteiger charge is -2.15. The van der Waals surface area contributed by atoms with Crippen LogP contribution in [-0.4, -0.2) is 5.11 Å². The minimum Gasteiger partial charge on any atom is -0.507 e. The third-order valence-corrected chi connectivity index (χ3v) is 4.10. The van der Waals surface area contributed by atoms with Crippen molar-refractivity contribution in [2.75, 3.05) is 11.1 Å². The minimum atomic E-state index is 0.254. The molecule has 4 aromatic rings. The number of nitrogens with two attached hydrogens (primary N) is 1. The summed E-state index contributed by atoms with van der Waals surface area (Å²) in [5.74, 6) is 0.254. The van der Waals surface area contributed by atoms with Gasteiger partial charge in [-0.25, -0.2) is 0 Å². The summed E-state index contributed by atoms with van der Waals surface area (Å²) in [6.07, 6.45) is 0. The van der Waals surface area contributed by atoms with E-state index in [4.69, 9.17) is 5.73 Å². The van der Waals surface area contributed by atoms with Crippen molar-refractivity contribution in [3.05, 3.63) is 72.8 Å². The molecule has 0 saturated carbocycles. The molecule has 0 heterocycles. The Bertz CT molecular complexity index is 1020. The van der Waals surface area contributed by atoms with E-state index in [0.29, 0.717) is 5.69 Å². The molecule has 4 N–H and O–H groups in total. The third-order valence-electron chi connectivity index (χ3n) is 4.10. The molecule has 0 radical (unpaired) electrons.